The van der Waals surface area contributed by atoms with Crippen molar-refractivity contribution in [1.82, 2.24) is 15.1 Å². The van der Waals surface area contributed by atoms with Gasteiger partial charge in [0.2, 0.25) is 5.91 Å². The van der Waals surface area contributed by atoms with Gasteiger partial charge in [-0.05, 0) is 38.1 Å². The Bertz CT molecular complexity index is 358. The van der Waals surface area contributed by atoms with Gasteiger partial charge in [-0.1, -0.05) is 0 Å². The Morgan fingerprint density at radius 3 is 2.32 bits per heavy atom. The molecule has 0 bridgehead atoms. The molecule has 3 N–H and O–H groups in total. The first-order valence-corrected chi connectivity index (χ1v) is 6.96. The summed E-state index contributed by atoms with van der Waals surface area (Å²) >= 11 is 0. The molecular formula is C13H24N4O2. The fourth-order valence-corrected chi connectivity index (χ4v) is 2.53. The van der Waals surface area contributed by atoms with Gasteiger partial charge in [0.05, 0.1) is 0 Å². The van der Waals surface area contributed by atoms with Crippen LogP contribution in [0.3, 0.4) is 0 Å². The first-order valence-electron chi connectivity index (χ1n) is 6.96. The van der Waals surface area contributed by atoms with Gasteiger partial charge in [0.15, 0.2) is 0 Å². The summed E-state index contributed by atoms with van der Waals surface area (Å²) in [5.41, 5.74) is 4.96. The SMILES string of the molecule is CN(C)C(=O)N1CCC(NCC2CC2)(C(N)=O)CC1. The molecule has 0 spiro atoms. The minimum absolute atomic E-state index is 0.000244. The third-order valence-electron chi connectivity index (χ3n) is 4.17. The van der Waals surface area contributed by atoms with E-state index in [0.717, 1.165) is 6.54 Å². The Balaban J connectivity index is 1.92. The molecule has 1 heterocycles. The predicted octanol–water partition coefficient (Wildman–Crippen LogP) is -0.0125. The van der Waals surface area contributed by atoms with Crippen molar-refractivity contribution in [1.29, 1.82) is 0 Å². The van der Waals surface area contributed by atoms with Crippen LogP contribution in [-0.2, 0) is 4.79 Å². The molecule has 0 aromatic heterocycles. The molecule has 2 aliphatic rings. The minimum atomic E-state index is -0.619. The number of carbonyl (C=O) groups excluding carboxylic acids is 2. The smallest absolute Gasteiger partial charge is 0.319 e. The van der Waals surface area contributed by atoms with Gasteiger partial charge in [0.25, 0.3) is 0 Å². The molecule has 1 aliphatic heterocycles. The summed E-state index contributed by atoms with van der Waals surface area (Å²) in [5, 5.41) is 3.36. The Morgan fingerprint density at radius 1 is 1.32 bits per heavy atom. The lowest BCUT2D eigenvalue weighted by Crippen LogP contribution is -2.62. The van der Waals surface area contributed by atoms with E-state index in [0.29, 0.717) is 31.8 Å². The molecule has 0 atom stereocenters. The Morgan fingerprint density at radius 2 is 1.89 bits per heavy atom. The monoisotopic (exact) mass is 268 g/mol. The van der Waals surface area contributed by atoms with Gasteiger partial charge in [0.1, 0.15) is 5.54 Å². The van der Waals surface area contributed by atoms with Crippen molar-refractivity contribution in [2.24, 2.45) is 11.7 Å². The molecule has 0 aromatic carbocycles. The zero-order valence-corrected chi connectivity index (χ0v) is 11.8. The first-order chi connectivity index (χ1) is 8.94. The van der Waals surface area contributed by atoms with Crippen LogP contribution in [-0.4, -0.2) is 61.0 Å². The number of piperidine rings is 1. The van der Waals surface area contributed by atoms with E-state index in [1.54, 1.807) is 23.9 Å². The number of rotatable bonds is 4. The second-order valence-electron chi connectivity index (χ2n) is 5.93. The van der Waals surface area contributed by atoms with E-state index in [-0.39, 0.29) is 11.9 Å². The van der Waals surface area contributed by atoms with Gasteiger partial charge in [0, 0.05) is 27.2 Å². The molecule has 6 heteroatoms. The fourth-order valence-electron chi connectivity index (χ4n) is 2.53. The molecule has 0 radical (unpaired) electrons. The molecule has 1 saturated carbocycles. The summed E-state index contributed by atoms with van der Waals surface area (Å²) in [5.74, 6) is 0.419. The summed E-state index contributed by atoms with van der Waals surface area (Å²) in [6.07, 6.45) is 3.70. The number of hydrogen-bond donors (Lipinski definition) is 2. The number of likely N-dealkylation sites (tertiary alicyclic amines) is 1. The number of nitrogens with zero attached hydrogens (tertiary/aromatic N) is 2. The van der Waals surface area contributed by atoms with Crippen LogP contribution in [0.15, 0.2) is 0 Å². The normalized spacial score (nSPS) is 22.1. The lowest BCUT2D eigenvalue weighted by molar-refractivity contribution is -0.126. The van der Waals surface area contributed by atoms with E-state index in [4.69, 9.17) is 5.73 Å². The van der Waals surface area contributed by atoms with E-state index >= 15 is 0 Å². The van der Waals surface area contributed by atoms with Gasteiger partial charge in [-0.25, -0.2) is 4.79 Å². The largest absolute Gasteiger partial charge is 0.368 e. The number of primary amides is 1. The lowest BCUT2D eigenvalue weighted by Gasteiger charge is -2.41. The molecule has 2 rings (SSSR count). The Kier molecular flexibility index (Phi) is 3.99. The Labute approximate surface area is 114 Å². The molecule has 1 aliphatic carbocycles. The molecular weight excluding hydrogens is 244 g/mol. The summed E-state index contributed by atoms with van der Waals surface area (Å²) < 4.78 is 0. The van der Waals surface area contributed by atoms with E-state index in [1.807, 2.05) is 0 Å². The van der Waals surface area contributed by atoms with Crippen LogP contribution < -0.4 is 11.1 Å². The zero-order valence-electron chi connectivity index (χ0n) is 11.8. The van der Waals surface area contributed by atoms with Crippen molar-refractivity contribution >= 4 is 11.9 Å². The van der Waals surface area contributed by atoms with Crippen molar-refractivity contribution in [3.05, 3.63) is 0 Å². The van der Waals surface area contributed by atoms with Crippen LogP contribution in [0.1, 0.15) is 25.7 Å². The summed E-state index contributed by atoms with van der Waals surface area (Å²) in [7, 11) is 3.48. The van der Waals surface area contributed by atoms with Crippen molar-refractivity contribution < 1.29 is 9.59 Å². The molecule has 19 heavy (non-hydrogen) atoms. The first kappa shape index (κ1) is 14.1. The fraction of sp³-hybridized carbons (Fsp3) is 0.846. The average molecular weight is 268 g/mol. The molecule has 1 saturated heterocycles. The van der Waals surface area contributed by atoms with Gasteiger partial charge in [-0.3, -0.25) is 4.79 Å². The highest BCUT2D eigenvalue weighted by Crippen LogP contribution is 2.30. The van der Waals surface area contributed by atoms with Gasteiger partial charge in [-0.2, -0.15) is 0 Å². The zero-order chi connectivity index (χ0) is 14.0. The van der Waals surface area contributed by atoms with Gasteiger partial charge < -0.3 is 20.9 Å². The third kappa shape index (κ3) is 3.18. The lowest BCUT2D eigenvalue weighted by atomic mass is 9.86. The van der Waals surface area contributed by atoms with Crippen molar-refractivity contribution in [3.63, 3.8) is 0 Å². The number of carbonyl (C=O) groups is 2. The molecule has 2 fully saturated rings. The Hall–Kier alpha value is -1.30. The molecule has 3 amide bonds. The van der Waals surface area contributed by atoms with Crippen molar-refractivity contribution in [3.8, 4) is 0 Å². The number of hydrogen-bond acceptors (Lipinski definition) is 3. The van der Waals surface area contributed by atoms with Gasteiger partial charge in [-0.15, -0.1) is 0 Å². The second-order valence-corrected chi connectivity index (χ2v) is 5.93. The van der Waals surface area contributed by atoms with E-state index in [9.17, 15) is 9.59 Å². The van der Waals surface area contributed by atoms with Crippen molar-refractivity contribution in [2.45, 2.75) is 31.2 Å². The molecule has 108 valence electrons. The highest BCUT2D eigenvalue weighted by Gasteiger charge is 2.41. The quantitative estimate of drug-likeness (QED) is 0.752. The third-order valence-corrected chi connectivity index (χ3v) is 4.17. The summed E-state index contributed by atoms with van der Waals surface area (Å²) in [6.45, 7) is 2.03. The predicted molar refractivity (Wildman–Crippen MR) is 72.5 cm³/mol. The average Bonchev–Trinajstić information content (AvgIpc) is 3.20. The van der Waals surface area contributed by atoms with Crippen LogP contribution in [0.2, 0.25) is 0 Å². The standard InChI is InChI=1S/C13H24N4O2/c1-16(2)12(19)17-7-5-13(6-8-17,11(14)18)15-9-10-3-4-10/h10,15H,3-9H2,1-2H3,(H2,14,18). The van der Waals surface area contributed by atoms with Gasteiger partial charge >= 0.3 is 6.03 Å². The minimum Gasteiger partial charge on any atom is -0.368 e. The topological polar surface area (TPSA) is 78.7 Å². The number of nitrogens with two attached hydrogens (primary N) is 1. The maximum atomic E-state index is 11.9. The van der Waals surface area contributed by atoms with Crippen LogP contribution in [0.25, 0.3) is 0 Å². The highest BCUT2D eigenvalue weighted by molar-refractivity contribution is 5.85. The number of nitrogens with one attached hydrogen (secondary N) is 1. The molecule has 6 nitrogen and oxygen atoms in total. The molecule has 0 unspecified atom stereocenters. The second kappa shape index (κ2) is 5.36. The summed E-state index contributed by atoms with van der Waals surface area (Å²) in [6, 6.07) is 0.000244. The van der Waals surface area contributed by atoms with E-state index in [2.05, 4.69) is 5.32 Å². The van der Waals surface area contributed by atoms with E-state index in [1.165, 1.54) is 12.8 Å². The van der Waals surface area contributed by atoms with Crippen LogP contribution in [0.4, 0.5) is 4.79 Å². The summed E-state index contributed by atoms with van der Waals surface area (Å²) in [4.78, 5) is 27.0. The van der Waals surface area contributed by atoms with E-state index < -0.39 is 5.54 Å². The maximum absolute atomic E-state index is 11.9. The number of amides is 3. The van der Waals surface area contributed by atoms with Crippen LogP contribution in [0, 0.1) is 5.92 Å². The van der Waals surface area contributed by atoms with Crippen LogP contribution >= 0.6 is 0 Å². The highest BCUT2D eigenvalue weighted by atomic mass is 16.2. The number of urea groups is 1. The maximum Gasteiger partial charge on any atom is 0.319 e. The van der Waals surface area contributed by atoms with Crippen molar-refractivity contribution in [2.75, 3.05) is 33.7 Å². The molecule has 0 aromatic rings. The van der Waals surface area contributed by atoms with Crippen LogP contribution in [0.5, 0.6) is 0 Å².